The molecule has 0 amide bonds. The molecule has 1 aliphatic rings. The highest BCUT2D eigenvalue weighted by molar-refractivity contribution is 7.99. The molecule has 3 aromatic rings. The van der Waals surface area contributed by atoms with Crippen molar-refractivity contribution in [1.82, 2.24) is 9.47 Å². The quantitative estimate of drug-likeness (QED) is 0.454. The van der Waals surface area contributed by atoms with E-state index >= 15 is 0 Å². The lowest BCUT2D eigenvalue weighted by Gasteiger charge is -2.26. The van der Waals surface area contributed by atoms with Crippen LogP contribution in [0.3, 0.4) is 0 Å². The van der Waals surface area contributed by atoms with Crippen LogP contribution in [0, 0.1) is 0 Å². The molecule has 0 bridgehead atoms. The number of rotatable bonds is 8. The van der Waals surface area contributed by atoms with Gasteiger partial charge < -0.3 is 15.0 Å². The van der Waals surface area contributed by atoms with Gasteiger partial charge >= 0.3 is 6.36 Å². The minimum Gasteiger partial charge on any atom is -0.406 e. The van der Waals surface area contributed by atoms with Crippen LogP contribution in [0.25, 0.3) is 22.0 Å². The molecule has 2 heterocycles. The molecular formula is C25H30F3N3OS. The third kappa shape index (κ3) is 5.86. The molecule has 0 spiro atoms. The molecular weight excluding hydrogens is 447 g/mol. The van der Waals surface area contributed by atoms with Gasteiger partial charge in [0.05, 0.1) is 0 Å². The number of hydrogen-bond acceptors (Lipinski definition) is 4. The topological polar surface area (TPSA) is 43.4 Å². The van der Waals surface area contributed by atoms with Gasteiger partial charge in [-0.25, -0.2) is 0 Å². The van der Waals surface area contributed by atoms with Crippen LogP contribution >= 0.6 is 11.8 Å². The maximum Gasteiger partial charge on any atom is 0.573 e. The molecule has 4 nitrogen and oxygen atoms in total. The average molecular weight is 478 g/mol. The Morgan fingerprint density at radius 3 is 2.55 bits per heavy atom. The molecule has 1 saturated heterocycles. The van der Waals surface area contributed by atoms with E-state index in [1.165, 1.54) is 17.7 Å². The van der Waals surface area contributed by atoms with Crippen molar-refractivity contribution in [1.29, 1.82) is 0 Å². The van der Waals surface area contributed by atoms with Gasteiger partial charge in [-0.2, -0.15) is 11.8 Å². The van der Waals surface area contributed by atoms with Crippen molar-refractivity contribution in [2.45, 2.75) is 39.2 Å². The van der Waals surface area contributed by atoms with Gasteiger partial charge in [0.25, 0.3) is 0 Å². The Labute approximate surface area is 196 Å². The number of halogens is 3. The molecule has 0 aliphatic carbocycles. The van der Waals surface area contributed by atoms with Crippen molar-refractivity contribution >= 4 is 22.7 Å². The van der Waals surface area contributed by atoms with E-state index in [0.29, 0.717) is 13.0 Å². The zero-order valence-electron chi connectivity index (χ0n) is 18.8. The van der Waals surface area contributed by atoms with Gasteiger partial charge in [0, 0.05) is 60.3 Å². The number of benzene rings is 2. The van der Waals surface area contributed by atoms with Gasteiger partial charge in [0.2, 0.25) is 0 Å². The third-order valence-electron chi connectivity index (χ3n) is 6.04. The Hall–Kier alpha value is -2.16. The monoisotopic (exact) mass is 477 g/mol. The first-order valence-corrected chi connectivity index (χ1v) is 12.5. The van der Waals surface area contributed by atoms with E-state index in [2.05, 4.69) is 38.6 Å². The van der Waals surface area contributed by atoms with Gasteiger partial charge in [-0.3, -0.25) is 4.90 Å². The van der Waals surface area contributed by atoms with E-state index < -0.39 is 6.36 Å². The first-order valence-electron chi connectivity index (χ1n) is 11.4. The number of alkyl halides is 3. The fourth-order valence-electron chi connectivity index (χ4n) is 4.44. The standard InChI is InChI=1S/C25H30F3N3OS/c1-2-19-15-20(32-25(26,27)28)5-6-21(19)23-17-31(9-3-8-29)24-7-4-18(14-22(23)24)16-30-10-12-33-13-11-30/h4-7,14-15,17H,2-3,8-13,16,29H2,1H3. The molecule has 0 radical (unpaired) electrons. The normalized spacial score (nSPS) is 15.3. The van der Waals surface area contributed by atoms with Gasteiger partial charge in [-0.05, 0) is 60.3 Å². The molecule has 0 unspecified atom stereocenters. The molecule has 1 fully saturated rings. The summed E-state index contributed by atoms with van der Waals surface area (Å²) < 4.78 is 44.5. The lowest BCUT2D eigenvalue weighted by Crippen LogP contribution is -2.31. The molecule has 0 atom stereocenters. The average Bonchev–Trinajstić information content (AvgIpc) is 3.15. The minimum atomic E-state index is -4.70. The Morgan fingerprint density at radius 2 is 1.85 bits per heavy atom. The number of aromatic nitrogens is 1. The number of ether oxygens (including phenoxy) is 1. The van der Waals surface area contributed by atoms with Crippen LogP contribution in [-0.4, -0.2) is 47.0 Å². The number of aryl methyl sites for hydroxylation is 2. The Bertz CT molecular complexity index is 1090. The predicted molar refractivity (Wildman–Crippen MR) is 130 cm³/mol. The van der Waals surface area contributed by atoms with Gasteiger partial charge in [-0.1, -0.05) is 19.1 Å². The van der Waals surface area contributed by atoms with E-state index in [1.54, 1.807) is 6.07 Å². The van der Waals surface area contributed by atoms with E-state index in [4.69, 9.17) is 5.73 Å². The smallest absolute Gasteiger partial charge is 0.406 e. The number of nitrogens with two attached hydrogens (primary N) is 1. The summed E-state index contributed by atoms with van der Waals surface area (Å²) in [7, 11) is 0. The number of nitrogens with zero attached hydrogens (tertiary/aromatic N) is 2. The second-order valence-corrected chi connectivity index (χ2v) is 9.56. The summed E-state index contributed by atoms with van der Waals surface area (Å²) in [6.07, 6.45) is -1.13. The Balaban J connectivity index is 1.75. The number of fused-ring (bicyclic) bond motifs is 1. The van der Waals surface area contributed by atoms with Crippen LogP contribution in [0.5, 0.6) is 5.75 Å². The van der Waals surface area contributed by atoms with Crippen LogP contribution < -0.4 is 10.5 Å². The van der Waals surface area contributed by atoms with Crippen molar-refractivity contribution in [3.8, 4) is 16.9 Å². The highest BCUT2D eigenvalue weighted by Crippen LogP contribution is 2.36. The van der Waals surface area contributed by atoms with E-state index in [-0.39, 0.29) is 5.75 Å². The van der Waals surface area contributed by atoms with Crippen molar-refractivity contribution in [3.05, 3.63) is 53.7 Å². The fourth-order valence-corrected chi connectivity index (χ4v) is 5.42. The summed E-state index contributed by atoms with van der Waals surface area (Å²) in [5.74, 6) is 2.14. The summed E-state index contributed by atoms with van der Waals surface area (Å²) in [4.78, 5) is 2.48. The van der Waals surface area contributed by atoms with Gasteiger partial charge in [-0.15, -0.1) is 13.2 Å². The second kappa shape index (κ2) is 10.4. The fraction of sp³-hybridized carbons (Fsp3) is 0.440. The maximum absolute atomic E-state index is 12.7. The Morgan fingerprint density at radius 1 is 1.06 bits per heavy atom. The number of hydrogen-bond donors (Lipinski definition) is 1. The third-order valence-corrected chi connectivity index (χ3v) is 6.98. The van der Waals surface area contributed by atoms with Crippen LogP contribution in [-0.2, 0) is 19.5 Å². The van der Waals surface area contributed by atoms with Crippen molar-refractivity contribution in [2.24, 2.45) is 5.73 Å². The zero-order valence-corrected chi connectivity index (χ0v) is 19.6. The van der Waals surface area contributed by atoms with E-state index in [1.807, 2.05) is 18.7 Å². The molecule has 2 aromatic carbocycles. The summed E-state index contributed by atoms with van der Waals surface area (Å²) in [5, 5.41) is 1.12. The van der Waals surface area contributed by atoms with E-state index in [9.17, 15) is 13.2 Å². The van der Waals surface area contributed by atoms with Crippen molar-refractivity contribution < 1.29 is 17.9 Å². The first kappa shape index (κ1) is 24.0. The van der Waals surface area contributed by atoms with Crippen LogP contribution in [0.2, 0.25) is 0 Å². The predicted octanol–water partition coefficient (Wildman–Crippen LogP) is 5.67. The Kier molecular flexibility index (Phi) is 7.56. The summed E-state index contributed by atoms with van der Waals surface area (Å²) in [6, 6.07) is 11.2. The highest BCUT2D eigenvalue weighted by Gasteiger charge is 2.31. The van der Waals surface area contributed by atoms with Gasteiger partial charge in [0.1, 0.15) is 5.75 Å². The second-order valence-electron chi connectivity index (χ2n) is 8.34. The lowest BCUT2D eigenvalue weighted by molar-refractivity contribution is -0.274. The van der Waals surface area contributed by atoms with Crippen molar-refractivity contribution in [3.63, 3.8) is 0 Å². The SMILES string of the molecule is CCc1cc(OC(F)(F)F)ccc1-c1cn(CCCN)c2ccc(CN3CCSCC3)cc12. The zero-order chi connectivity index (χ0) is 23.4. The molecule has 178 valence electrons. The van der Waals surface area contributed by atoms with Crippen LogP contribution in [0.15, 0.2) is 42.6 Å². The molecule has 2 N–H and O–H groups in total. The van der Waals surface area contributed by atoms with E-state index in [0.717, 1.165) is 71.7 Å². The molecule has 33 heavy (non-hydrogen) atoms. The molecule has 1 aromatic heterocycles. The van der Waals surface area contributed by atoms with Crippen LogP contribution in [0.1, 0.15) is 24.5 Å². The highest BCUT2D eigenvalue weighted by atomic mass is 32.2. The van der Waals surface area contributed by atoms with Crippen molar-refractivity contribution in [2.75, 3.05) is 31.1 Å². The summed E-state index contributed by atoms with van der Waals surface area (Å²) in [5.41, 5.74) is 10.9. The van der Waals surface area contributed by atoms with Gasteiger partial charge in [0.15, 0.2) is 0 Å². The molecule has 8 heteroatoms. The molecule has 4 rings (SSSR count). The maximum atomic E-state index is 12.7. The summed E-state index contributed by atoms with van der Waals surface area (Å²) >= 11 is 2.00. The number of thioether (sulfide) groups is 1. The lowest BCUT2D eigenvalue weighted by atomic mass is 9.96. The summed E-state index contributed by atoms with van der Waals surface area (Å²) in [6.45, 7) is 6.43. The molecule has 0 saturated carbocycles. The largest absolute Gasteiger partial charge is 0.573 e. The van der Waals surface area contributed by atoms with Crippen LogP contribution in [0.4, 0.5) is 13.2 Å². The molecule has 1 aliphatic heterocycles. The first-order chi connectivity index (χ1) is 15.9. The minimum absolute atomic E-state index is 0.182.